The molecule has 1 heterocycles. The molecule has 0 radical (unpaired) electrons. The number of nitrogens with two attached hydrogens (primary N) is 1. The number of hydrogen-bond acceptors (Lipinski definition) is 4. The molecule has 186 valence electrons. The van der Waals surface area contributed by atoms with Crippen LogP contribution in [0.25, 0.3) is 27.6 Å². The number of aromatic nitrogens is 2. The van der Waals surface area contributed by atoms with Gasteiger partial charge in [0.15, 0.2) is 0 Å². The topological polar surface area (TPSA) is 107 Å². The zero-order valence-corrected chi connectivity index (χ0v) is 20.3. The maximum atomic E-state index is 15.0. The second-order valence-corrected chi connectivity index (χ2v) is 9.98. The van der Waals surface area contributed by atoms with Crippen LogP contribution in [-0.2, 0) is 10.0 Å². The average molecular weight is 519 g/mol. The van der Waals surface area contributed by atoms with Gasteiger partial charge in [-0.25, -0.2) is 27.0 Å². The SMILES string of the molecule is Cc1cc(C(=O)Nc2ccc(-c3ccccc3S(N)(=O)=O)cc2F)n(-c2ccc3cc(F)ccc3c2)n1. The molecule has 0 unspecified atom stereocenters. The van der Waals surface area contributed by atoms with Crippen molar-refractivity contribution in [2.24, 2.45) is 5.14 Å². The summed E-state index contributed by atoms with van der Waals surface area (Å²) in [5.74, 6) is -1.71. The third-order valence-electron chi connectivity index (χ3n) is 5.82. The van der Waals surface area contributed by atoms with Gasteiger partial charge in [0, 0.05) is 5.56 Å². The van der Waals surface area contributed by atoms with Crippen LogP contribution in [0.5, 0.6) is 0 Å². The predicted molar refractivity (Wildman–Crippen MR) is 137 cm³/mol. The number of anilines is 1. The van der Waals surface area contributed by atoms with Gasteiger partial charge in [-0.2, -0.15) is 5.10 Å². The van der Waals surface area contributed by atoms with Crippen LogP contribution >= 0.6 is 0 Å². The lowest BCUT2D eigenvalue weighted by Gasteiger charge is -2.12. The number of nitrogens with zero attached hydrogens (tertiary/aromatic N) is 2. The highest BCUT2D eigenvalue weighted by molar-refractivity contribution is 7.89. The number of halogens is 2. The number of amides is 1. The molecule has 0 atom stereocenters. The Labute approximate surface area is 211 Å². The van der Waals surface area contributed by atoms with E-state index >= 15 is 4.39 Å². The van der Waals surface area contributed by atoms with Crippen LogP contribution < -0.4 is 10.5 Å². The molecule has 0 aliphatic heterocycles. The molecular weight excluding hydrogens is 498 g/mol. The van der Waals surface area contributed by atoms with Gasteiger partial charge in [0.05, 0.1) is 22.0 Å². The number of aryl methyl sites for hydroxylation is 1. The van der Waals surface area contributed by atoms with Crippen LogP contribution in [0.1, 0.15) is 16.2 Å². The fraction of sp³-hybridized carbons (Fsp3) is 0.0370. The fourth-order valence-electron chi connectivity index (χ4n) is 4.12. The first-order valence-electron chi connectivity index (χ1n) is 11.1. The Morgan fingerprint density at radius 3 is 2.41 bits per heavy atom. The van der Waals surface area contributed by atoms with Gasteiger partial charge in [-0.1, -0.05) is 36.4 Å². The average Bonchev–Trinajstić information content (AvgIpc) is 3.26. The van der Waals surface area contributed by atoms with Gasteiger partial charge in [0.25, 0.3) is 5.91 Å². The van der Waals surface area contributed by atoms with E-state index < -0.39 is 21.7 Å². The Morgan fingerprint density at radius 2 is 1.65 bits per heavy atom. The highest BCUT2D eigenvalue weighted by Gasteiger charge is 2.19. The quantitative estimate of drug-likeness (QED) is 0.334. The van der Waals surface area contributed by atoms with Crippen LogP contribution in [0.15, 0.2) is 89.8 Å². The van der Waals surface area contributed by atoms with Crippen molar-refractivity contribution in [2.45, 2.75) is 11.8 Å². The summed E-state index contributed by atoms with van der Waals surface area (Å²) < 4.78 is 53.8. The summed E-state index contributed by atoms with van der Waals surface area (Å²) in [4.78, 5) is 13.0. The second kappa shape index (κ2) is 9.23. The molecule has 0 spiro atoms. The standard InChI is InChI=1S/C27H20F2N4O3S/c1-16-12-25(33(32-16)21-10-7-17-13-20(28)9-6-18(17)14-21)27(34)31-24-11-8-19(15-23(24)29)22-4-2-3-5-26(22)37(30,35)36/h2-15H,1H3,(H,31,34)(H2,30,35,36). The molecule has 10 heteroatoms. The van der Waals surface area contributed by atoms with Gasteiger partial charge < -0.3 is 5.32 Å². The molecule has 37 heavy (non-hydrogen) atoms. The van der Waals surface area contributed by atoms with E-state index in [1.54, 1.807) is 43.3 Å². The third kappa shape index (κ3) is 4.84. The maximum absolute atomic E-state index is 15.0. The molecule has 1 aromatic heterocycles. The van der Waals surface area contributed by atoms with E-state index in [0.29, 0.717) is 16.8 Å². The Morgan fingerprint density at radius 1 is 0.919 bits per heavy atom. The van der Waals surface area contributed by atoms with Crippen molar-refractivity contribution >= 4 is 32.4 Å². The van der Waals surface area contributed by atoms with Crippen molar-refractivity contribution in [3.8, 4) is 16.8 Å². The predicted octanol–water partition coefficient (Wildman–Crippen LogP) is 5.18. The number of primary sulfonamides is 1. The van der Waals surface area contributed by atoms with Crippen LogP contribution in [0.3, 0.4) is 0 Å². The number of carbonyl (C=O) groups excluding carboxylic acids is 1. The molecule has 1 amide bonds. The Kier molecular flexibility index (Phi) is 6.06. The largest absolute Gasteiger partial charge is 0.318 e. The molecule has 0 bridgehead atoms. The molecule has 0 saturated carbocycles. The van der Waals surface area contributed by atoms with Crippen molar-refractivity contribution < 1.29 is 22.0 Å². The fourth-order valence-corrected chi connectivity index (χ4v) is 4.88. The van der Waals surface area contributed by atoms with Gasteiger partial charge in [0.1, 0.15) is 17.3 Å². The van der Waals surface area contributed by atoms with Crippen molar-refractivity contribution in [3.05, 3.63) is 108 Å². The summed E-state index contributed by atoms with van der Waals surface area (Å²) in [6.07, 6.45) is 0. The van der Waals surface area contributed by atoms with Crippen molar-refractivity contribution in [1.82, 2.24) is 9.78 Å². The zero-order chi connectivity index (χ0) is 26.3. The molecule has 4 aromatic carbocycles. The first-order chi connectivity index (χ1) is 17.6. The second-order valence-electron chi connectivity index (χ2n) is 8.45. The van der Waals surface area contributed by atoms with E-state index in [2.05, 4.69) is 10.4 Å². The summed E-state index contributed by atoms with van der Waals surface area (Å²) in [5.41, 5.74) is 1.75. The summed E-state index contributed by atoms with van der Waals surface area (Å²) in [6, 6.07) is 21.1. The first-order valence-corrected chi connectivity index (χ1v) is 12.6. The molecule has 0 aliphatic carbocycles. The number of nitrogens with one attached hydrogen (secondary N) is 1. The minimum atomic E-state index is -4.02. The maximum Gasteiger partial charge on any atom is 0.274 e. The van der Waals surface area contributed by atoms with Gasteiger partial charge in [0.2, 0.25) is 10.0 Å². The Bertz CT molecular complexity index is 1800. The third-order valence-corrected chi connectivity index (χ3v) is 6.79. The van der Waals surface area contributed by atoms with Crippen molar-refractivity contribution in [2.75, 3.05) is 5.32 Å². The molecule has 5 aromatic rings. The van der Waals surface area contributed by atoms with Gasteiger partial charge in [-0.3, -0.25) is 4.79 Å². The minimum Gasteiger partial charge on any atom is -0.318 e. The highest BCUT2D eigenvalue weighted by Crippen LogP contribution is 2.30. The number of benzene rings is 4. The normalized spacial score (nSPS) is 11.6. The lowest BCUT2D eigenvalue weighted by Crippen LogP contribution is -2.17. The summed E-state index contributed by atoms with van der Waals surface area (Å²) in [7, 11) is -4.02. The van der Waals surface area contributed by atoms with Crippen LogP contribution in [0.4, 0.5) is 14.5 Å². The summed E-state index contributed by atoms with van der Waals surface area (Å²) in [5, 5.41) is 13.7. The summed E-state index contributed by atoms with van der Waals surface area (Å²) >= 11 is 0. The van der Waals surface area contributed by atoms with E-state index in [1.165, 1.54) is 47.1 Å². The minimum absolute atomic E-state index is 0.0961. The molecule has 0 fully saturated rings. The van der Waals surface area contributed by atoms with E-state index in [-0.39, 0.29) is 33.2 Å². The number of rotatable bonds is 5. The van der Waals surface area contributed by atoms with Crippen LogP contribution in [0, 0.1) is 18.6 Å². The Hall–Kier alpha value is -4.41. The van der Waals surface area contributed by atoms with E-state index in [4.69, 9.17) is 5.14 Å². The molecule has 0 saturated heterocycles. The lowest BCUT2D eigenvalue weighted by atomic mass is 10.0. The number of sulfonamides is 1. The van der Waals surface area contributed by atoms with Crippen molar-refractivity contribution in [3.63, 3.8) is 0 Å². The van der Waals surface area contributed by atoms with Crippen LogP contribution in [-0.4, -0.2) is 24.1 Å². The lowest BCUT2D eigenvalue weighted by molar-refractivity contribution is 0.101. The van der Waals surface area contributed by atoms with Gasteiger partial charge in [-0.15, -0.1) is 0 Å². The molecule has 3 N–H and O–H groups in total. The molecule has 7 nitrogen and oxygen atoms in total. The van der Waals surface area contributed by atoms with Crippen molar-refractivity contribution in [1.29, 1.82) is 0 Å². The van der Waals surface area contributed by atoms with Gasteiger partial charge in [-0.05, 0) is 71.8 Å². The molecule has 0 aliphatic rings. The monoisotopic (exact) mass is 518 g/mol. The number of fused-ring (bicyclic) bond motifs is 1. The van der Waals surface area contributed by atoms with E-state index in [1.807, 2.05) is 0 Å². The highest BCUT2D eigenvalue weighted by atomic mass is 32.2. The summed E-state index contributed by atoms with van der Waals surface area (Å²) in [6.45, 7) is 1.72. The Balaban J connectivity index is 1.46. The molecule has 5 rings (SSSR count). The van der Waals surface area contributed by atoms with Gasteiger partial charge >= 0.3 is 0 Å². The zero-order valence-electron chi connectivity index (χ0n) is 19.4. The van der Waals surface area contributed by atoms with E-state index in [0.717, 1.165) is 11.5 Å². The number of carbonyl (C=O) groups is 1. The van der Waals surface area contributed by atoms with E-state index in [9.17, 15) is 17.6 Å². The smallest absolute Gasteiger partial charge is 0.274 e. The first kappa shape index (κ1) is 24.3. The van der Waals surface area contributed by atoms with Crippen LogP contribution in [0.2, 0.25) is 0 Å². The number of hydrogen-bond donors (Lipinski definition) is 2. The molecular formula is C27H20F2N4O3S.